The molecule has 15 heavy (non-hydrogen) atoms. The monoisotopic (exact) mass is 202 g/mol. The van der Waals surface area contributed by atoms with Crippen LogP contribution in [-0.4, -0.2) is 18.5 Å². The van der Waals surface area contributed by atoms with E-state index in [1.54, 1.807) is 0 Å². The number of fused-ring (bicyclic) bond motifs is 1. The fourth-order valence-corrected chi connectivity index (χ4v) is 2.27. The van der Waals surface area contributed by atoms with Crippen molar-refractivity contribution in [2.45, 2.75) is 25.3 Å². The Morgan fingerprint density at radius 1 is 1.27 bits per heavy atom. The maximum atomic E-state index is 11.9. The smallest absolute Gasteiger partial charge is 0.246 e. The topological polar surface area (TPSA) is 32.3 Å². The van der Waals surface area contributed by atoms with Gasteiger partial charge in [-0.2, -0.15) is 0 Å². The van der Waals surface area contributed by atoms with Gasteiger partial charge in [-0.25, -0.2) is 0 Å². The first-order valence-electron chi connectivity index (χ1n) is 5.51. The second kappa shape index (κ2) is 3.26. The van der Waals surface area contributed by atoms with Gasteiger partial charge >= 0.3 is 0 Å². The summed E-state index contributed by atoms with van der Waals surface area (Å²) in [4.78, 5) is 13.8. The summed E-state index contributed by atoms with van der Waals surface area (Å²) in [5.74, 6) is 0.207. The molecular weight excluding hydrogens is 188 g/mol. The SMILES string of the molecule is O=C1CNc2ccccc2N1C1CCC1. The van der Waals surface area contributed by atoms with Gasteiger partial charge in [0.25, 0.3) is 0 Å². The average molecular weight is 202 g/mol. The van der Waals surface area contributed by atoms with Crippen LogP contribution in [0.25, 0.3) is 0 Å². The van der Waals surface area contributed by atoms with E-state index in [0.717, 1.165) is 24.2 Å². The molecule has 1 N–H and O–H groups in total. The molecule has 1 saturated carbocycles. The predicted molar refractivity (Wildman–Crippen MR) is 60.1 cm³/mol. The molecule has 0 spiro atoms. The highest BCUT2D eigenvalue weighted by molar-refractivity contribution is 6.03. The van der Waals surface area contributed by atoms with E-state index in [1.165, 1.54) is 6.42 Å². The van der Waals surface area contributed by atoms with Crippen LogP contribution in [-0.2, 0) is 4.79 Å². The minimum absolute atomic E-state index is 0.207. The minimum Gasteiger partial charge on any atom is -0.374 e. The summed E-state index contributed by atoms with van der Waals surface area (Å²) in [5, 5.41) is 3.15. The number of benzene rings is 1. The molecule has 0 bridgehead atoms. The van der Waals surface area contributed by atoms with Gasteiger partial charge in [0.15, 0.2) is 0 Å². The van der Waals surface area contributed by atoms with E-state index in [9.17, 15) is 4.79 Å². The number of hydrogen-bond acceptors (Lipinski definition) is 2. The normalized spacial score (nSPS) is 20.5. The molecule has 0 aromatic heterocycles. The summed E-state index contributed by atoms with van der Waals surface area (Å²) >= 11 is 0. The van der Waals surface area contributed by atoms with Crippen LogP contribution in [0, 0.1) is 0 Å². The summed E-state index contributed by atoms with van der Waals surface area (Å²) in [5.41, 5.74) is 2.14. The van der Waals surface area contributed by atoms with Gasteiger partial charge in [0, 0.05) is 6.04 Å². The number of hydrogen-bond donors (Lipinski definition) is 1. The summed E-state index contributed by atoms with van der Waals surface area (Å²) in [7, 11) is 0. The lowest BCUT2D eigenvalue weighted by Gasteiger charge is -2.40. The minimum atomic E-state index is 0.207. The van der Waals surface area contributed by atoms with Gasteiger partial charge < -0.3 is 10.2 Å². The molecule has 1 aromatic carbocycles. The molecule has 2 aliphatic rings. The van der Waals surface area contributed by atoms with Crippen molar-refractivity contribution in [2.75, 3.05) is 16.8 Å². The fraction of sp³-hybridized carbons (Fsp3) is 0.417. The van der Waals surface area contributed by atoms with Crippen LogP contribution >= 0.6 is 0 Å². The summed E-state index contributed by atoms with van der Waals surface area (Å²) < 4.78 is 0. The predicted octanol–water partition coefficient (Wildman–Crippen LogP) is 2.00. The Labute approximate surface area is 89.1 Å². The lowest BCUT2D eigenvalue weighted by molar-refractivity contribution is -0.118. The molecule has 1 aromatic rings. The highest BCUT2D eigenvalue weighted by Gasteiger charge is 2.33. The van der Waals surface area contributed by atoms with E-state index in [2.05, 4.69) is 5.32 Å². The molecular formula is C12H14N2O. The Kier molecular flexibility index (Phi) is 1.91. The van der Waals surface area contributed by atoms with Crippen molar-refractivity contribution in [3.8, 4) is 0 Å². The molecule has 3 heteroatoms. The van der Waals surface area contributed by atoms with Gasteiger partial charge in [-0.3, -0.25) is 4.79 Å². The number of carbonyl (C=O) groups is 1. The van der Waals surface area contributed by atoms with Crippen LogP contribution < -0.4 is 10.2 Å². The number of nitrogens with zero attached hydrogens (tertiary/aromatic N) is 1. The summed E-state index contributed by atoms with van der Waals surface area (Å²) in [6, 6.07) is 8.50. The maximum absolute atomic E-state index is 11.9. The standard InChI is InChI=1S/C12H14N2O/c15-12-8-13-10-6-1-2-7-11(10)14(12)9-4-3-5-9/h1-2,6-7,9,13H,3-5,8H2. The maximum Gasteiger partial charge on any atom is 0.246 e. The Balaban J connectivity index is 2.01. The number of para-hydroxylation sites is 2. The van der Waals surface area contributed by atoms with Crippen molar-refractivity contribution < 1.29 is 4.79 Å². The van der Waals surface area contributed by atoms with Crippen molar-refractivity contribution in [1.82, 2.24) is 0 Å². The second-order valence-electron chi connectivity index (χ2n) is 4.22. The molecule has 0 saturated heterocycles. The molecule has 3 nitrogen and oxygen atoms in total. The van der Waals surface area contributed by atoms with Crippen molar-refractivity contribution in [3.63, 3.8) is 0 Å². The highest BCUT2D eigenvalue weighted by Crippen LogP contribution is 2.36. The van der Waals surface area contributed by atoms with Crippen LogP contribution in [0.1, 0.15) is 19.3 Å². The number of anilines is 2. The van der Waals surface area contributed by atoms with E-state index in [4.69, 9.17) is 0 Å². The van der Waals surface area contributed by atoms with Gasteiger partial charge in [0.05, 0.1) is 17.9 Å². The highest BCUT2D eigenvalue weighted by atomic mass is 16.2. The number of rotatable bonds is 1. The average Bonchev–Trinajstić information content (AvgIpc) is 2.20. The third kappa shape index (κ3) is 1.30. The Bertz CT molecular complexity index is 398. The van der Waals surface area contributed by atoms with Crippen molar-refractivity contribution >= 4 is 17.3 Å². The molecule has 0 radical (unpaired) electrons. The van der Waals surface area contributed by atoms with E-state index in [-0.39, 0.29) is 5.91 Å². The lowest BCUT2D eigenvalue weighted by Crippen LogP contribution is -2.49. The zero-order valence-corrected chi connectivity index (χ0v) is 8.57. The molecule has 1 aliphatic carbocycles. The van der Waals surface area contributed by atoms with Gasteiger partial charge in [0.2, 0.25) is 5.91 Å². The van der Waals surface area contributed by atoms with Crippen LogP contribution in [0.3, 0.4) is 0 Å². The quantitative estimate of drug-likeness (QED) is 0.755. The Morgan fingerprint density at radius 2 is 2.07 bits per heavy atom. The fourth-order valence-electron chi connectivity index (χ4n) is 2.27. The second-order valence-corrected chi connectivity index (χ2v) is 4.22. The molecule has 1 amide bonds. The number of amides is 1. The first-order valence-corrected chi connectivity index (χ1v) is 5.51. The van der Waals surface area contributed by atoms with Crippen molar-refractivity contribution in [2.24, 2.45) is 0 Å². The molecule has 3 rings (SSSR count). The number of carbonyl (C=O) groups excluding carboxylic acids is 1. The molecule has 1 heterocycles. The van der Waals surface area contributed by atoms with Crippen molar-refractivity contribution in [1.29, 1.82) is 0 Å². The molecule has 78 valence electrons. The zero-order chi connectivity index (χ0) is 10.3. The Morgan fingerprint density at radius 3 is 2.80 bits per heavy atom. The molecule has 0 atom stereocenters. The van der Waals surface area contributed by atoms with Gasteiger partial charge in [-0.05, 0) is 31.4 Å². The first-order chi connectivity index (χ1) is 7.36. The lowest BCUT2D eigenvalue weighted by atomic mass is 9.90. The van der Waals surface area contributed by atoms with E-state index in [0.29, 0.717) is 12.6 Å². The first kappa shape index (κ1) is 8.77. The van der Waals surface area contributed by atoms with E-state index in [1.807, 2.05) is 29.2 Å². The number of nitrogens with one attached hydrogen (secondary N) is 1. The van der Waals surface area contributed by atoms with Crippen LogP contribution in [0.15, 0.2) is 24.3 Å². The van der Waals surface area contributed by atoms with Crippen molar-refractivity contribution in [3.05, 3.63) is 24.3 Å². The summed E-state index contributed by atoms with van der Waals surface area (Å²) in [6.45, 7) is 0.438. The largest absolute Gasteiger partial charge is 0.374 e. The Hall–Kier alpha value is -1.51. The molecule has 0 unspecified atom stereocenters. The van der Waals surface area contributed by atoms with Crippen LogP contribution in [0.2, 0.25) is 0 Å². The zero-order valence-electron chi connectivity index (χ0n) is 8.57. The van der Waals surface area contributed by atoms with E-state index >= 15 is 0 Å². The van der Waals surface area contributed by atoms with Gasteiger partial charge in [-0.15, -0.1) is 0 Å². The van der Waals surface area contributed by atoms with Gasteiger partial charge in [-0.1, -0.05) is 12.1 Å². The van der Waals surface area contributed by atoms with Crippen LogP contribution in [0.5, 0.6) is 0 Å². The molecule has 1 aliphatic heterocycles. The van der Waals surface area contributed by atoms with Crippen LogP contribution in [0.4, 0.5) is 11.4 Å². The third-order valence-corrected chi connectivity index (χ3v) is 3.30. The summed E-state index contributed by atoms with van der Waals surface area (Å²) in [6.07, 6.45) is 3.56. The third-order valence-electron chi connectivity index (χ3n) is 3.30. The molecule has 1 fully saturated rings. The van der Waals surface area contributed by atoms with E-state index < -0.39 is 0 Å². The van der Waals surface area contributed by atoms with Gasteiger partial charge in [0.1, 0.15) is 0 Å².